The lowest BCUT2D eigenvalue weighted by Crippen LogP contribution is -2.44. The van der Waals surface area contributed by atoms with Crippen LogP contribution in [0.5, 0.6) is 0 Å². The van der Waals surface area contributed by atoms with Crippen molar-refractivity contribution in [3.05, 3.63) is 24.0 Å². The molecule has 0 spiro atoms. The molecule has 1 amide bonds. The summed E-state index contributed by atoms with van der Waals surface area (Å²) in [6.45, 7) is 1.98. The van der Waals surface area contributed by atoms with Crippen LogP contribution in [0.2, 0.25) is 0 Å². The van der Waals surface area contributed by atoms with E-state index in [9.17, 15) is 22.8 Å². The van der Waals surface area contributed by atoms with Crippen molar-refractivity contribution in [2.24, 2.45) is 0 Å². The summed E-state index contributed by atoms with van der Waals surface area (Å²) in [5, 5.41) is 11.2. The molecule has 0 saturated carbocycles. The molecule has 8 heteroatoms. The molecule has 0 aliphatic rings. The van der Waals surface area contributed by atoms with E-state index in [2.05, 4.69) is 5.32 Å². The van der Waals surface area contributed by atoms with Crippen molar-refractivity contribution in [3.8, 4) is 0 Å². The van der Waals surface area contributed by atoms with Crippen molar-refractivity contribution < 1.29 is 27.9 Å². The third-order valence-electron chi connectivity index (χ3n) is 2.83. The molecule has 1 aromatic rings. The van der Waals surface area contributed by atoms with Gasteiger partial charge in [-0.15, -0.1) is 0 Å². The van der Waals surface area contributed by atoms with E-state index in [1.54, 1.807) is 13.8 Å². The fourth-order valence-electron chi connectivity index (χ4n) is 1.80. The average molecular weight is 306 g/mol. The number of halogens is 3. The highest BCUT2D eigenvalue weighted by Gasteiger charge is 2.30. The molecule has 5 nitrogen and oxygen atoms in total. The fraction of sp³-hybridized carbons (Fsp3) is 0.538. The Labute approximate surface area is 119 Å². The zero-order valence-electron chi connectivity index (χ0n) is 11.7. The number of carbonyl (C=O) groups excluding carboxylic acids is 1. The van der Waals surface area contributed by atoms with Gasteiger partial charge in [0.25, 0.3) is 5.91 Å². The van der Waals surface area contributed by atoms with E-state index in [0.717, 1.165) is 4.57 Å². The molecule has 21 heavy (non-hydrogen) atoms. The largest absolute Gasteiger partial charge is 0.481 e. The van der Waals surface area contributed by atoms with Crippen LogP contribution in [0.15, 0.2) is 18.3 Å². The van der Waals surface area contributed by atoms with Gasteiger partial charge in [0.2, 0.25) is 0 Å². The zero-order chi connectivity index (χ0) is 16.3. The SMILES string of the molecule is CC(C)(CCC(=O)O)NC(=O)c1cccn1CC(F)(F)F. The Hall–Kier alpha value is -1.99. The molecule has 1 heterocycles. The number of carboxylic acids is 1. The van der Waals surface area contributed by atoms with Crippen LogP contribution in [0.25, 0.3) is 0 Å². The summed E-state index contributed by atoms with van der Waals surface area (Å²) in [5.74, 6) is -1.67. The molecular weight excluding hydrogens is 289 g/mol. The third-order valence-corrected chi connectivity index (χ3v) is 2.83. The zero-order valence-corrected chi connectivity index (χ0v) is 11.7. The van der Waals surface area contributed by atoms with Gasteiger partial charge in [-0.3, -0.25) is 9.59 Å². The maximum Gasteiger partial charge on any atom is 0.406 e. The van der Waals surface area contributed by atoms with Crippen LogP contribution < -0.4 is 5.32 Å². The van der Waals surface area contributed by atoms with E-state index in [4.69, 9.17) is 5.11 Å². The van der Waals surface area contributed by atoms with Gasteiger partial charge < -0.3 is 15.0 Å². The molecule has 0 fully saturated rings. The topological polar surface area (TPSA) is 71.3 Å². The van der Waals surface area contributed by atoms with E-state index >= 15 is 0 Å². The van der Waals surface area contributed by atoms with Gasteiger partial charge in [-0.25, -0.2) is 0 Å². The molecule has 0 aliphatic heterocycles. The number of nitrogens with one attached hydrogen (secondary N) is 1. The monoisotopic (exact) mass is 306 g/mol. The van der Waals surface area contributed by atoms with Gasteiger partial charge in [0.15, 0.2) is 0 Å². The number of nitrogens with zero attached hydrogens (tertiary/aromatic N) is 1. The number of alkyl halides is 3. The molecule has 0 radical (unpaired) electrons. The van der Waals surface area contributed by atoms with Crippen LogP contribution in [0.3, 0.4) is 0 Å². The van der Waals surface area contributed by atoms with Crippen molar-refractivity contribution in [1.29, 1.82) is 0 Å². The first-order valence-electron chi connectivity index (χ1n) is 6.26. The van der Waals surface area contributed by atoms with Crippen LogP contribution in [-0.2, 0) is 11.3 Å². The Morgan fingerprint density at radius 1 is 1.33 bits per heavy atom. The van der Waals surface area contributed by atoms with Gasteiger partial charge in [0.05, 0.1) is 0 Å². The highest BCUT2D eigenvalue weighted by Crippen LogP contribution is 2.20. The van der Waals surface area contributed by atoms with Crippen molar-refractivity contribution in [2.45, 2.75) is 44.9 Å². The predicted molar refractivity (Wildman–Crippen MR) is 68.9 cm³/mol. The van der Waals surface area contributed by atoms with Gasteiger partial charge in [0, 0.05) is 18.2 Å². The lowest BCUT2D eigenvalue weighted by molar-refractivity contribution is -0.141. The summed E-state index contributed by atoms with van der Waals surface area (Å²) in [6, 6.07) is 2.64. The number of aliphatic carboxylic acids is 1. The number of rotatable bonds is 6. The first kappa shape index (κ1) is 17.1. The van der Waals surface area contributed by atoms with Gasteiger partial charge in [-0.2, -0.15) is 13.2 Å². The van der Waals surface area contributed by atoms with Crippen LogP contribution in [0, 0.1) is 0 Å². The number of amides is 1. The summed E-state index contributed by atoms with van der Waals surface area (Å²) >= 11 is 0. The maximum absolute atomic E-state index is 12.4. The second kappa shape index (κ2) is 6.19. The van der Waals surface area contributed by atoms with E-state index in [1.807, 2.05) is 0 Å². The molecule has 2 N–H and O–H groups in total. The lowest BCUT2D eigenvalue weighted by atomic mass is 9.98. The molecule has 0 unspecified atom stereocenters. The van der Waals surface area contributed by atoms with Gasteiger partial charge >= 0.3 is 12.1 Å². The molecule has 0 atom stereocenters. The smallest absolute Gasteiger partial charge is 0.406 e. The molecule has 1 aromatic heterocycles. The summed E-state index contributed by atoms with van der Waals surface area (Å²) in [5.41, 5.74) is -0.946. The Bertz CT molecular complexity index is 521. The Morgan fingerprint density at radius 3 is 2.48 bits per heavy atom. The first-order chi connectivity index (χ1) is 9.50. The quantitative estimate of drug-likeness (QED) is 0.848. The summed E-state index contributed by atoms with van der Waals surface area (Å²) < 4.78 is 38.0. The molecule has 1 rings (SSSR count). The molecular formula is C13H17F3N2O3. The minimum Gasteiger partial charge on any atom is -0.481 e. The summed E-state index contributed by atoms with van der Waals surface area (Å²) in [7, 11) is 0. The second-order valence-electron chi connectivity index (χ2n) is 5.37. The summed E-state index contributed by atoms with van der Waals surface area (Å²) in [6.07, 6.45) is -3.22. The van der Waals surface area contributed by atoms with Crippen molar-refractivity contribution >= 4 is 11.9 Å². The Balaban J connectivity index is 2.76. The van der Waals surface area contributed by atoms with Gasteiger partial charge in [-0.1, -0.05) is 0 Å². The second-order valence-corrected chi connectivity index (χ2v) is 5.37. The fourth-order valence-corrected chi connectivity index (χ4v) is 1.80. The molecule has 118 valence electrons. The Kier molecular flexibility index (Phi) is 5.03. The van der Waals surface area contributed by atoms with E-state index in [-0.39, 0.29) is 18.5 Å². The normalized spacial score (nSPS) is 12.2. The van der Waals surface area contributed by atoms with Crippen LogP contribution in [-0.4, -0.2) is 33.3 Å². The Morgan fingerprint density at radius 2 is 1.95 bits per heavy atom. The number of hydrogen-bond acceptors (Lipinski definition) is 2. The van der Waals surface area contributed by atoms with Crippen LogP contribution >= 0.6 is 0 Å². The van der Waals surface area contributed by atoms with Gasteiger partial charge in [-0.05, 0) is 32.4 Å². The molecule has 0 saturated heterocycles. The summed E-state index contributed by atoms with van der Waals surface area (Å²) in [4.78, 5) is 22.6. The number of carbonyl (C=O) groups is 2. The standard InChI is InChI=1S/C13H17F3N2O3/c1-12(2,6-5-10(19)20)17-11(21)9-4-3-7-18(9)8-13(14,15)16/h3-4,7H,5-6,8H2,1-2H3,(H,17,21)(H,19,20). The number of carboxylic acid groups (broad SMARTS) is 1. The average Bonchev–Trinajstić information content (AvgIpc) is 2.71. The predicted octanol–water partition coefficient (Wildman–Crippen LogP) is 2.42. The van der Waals surface area contributed by atoms with E-state index < -0.39 is 30.1 Å². The van der Waals surface area contributed by atoms with Crippen molar-refractivity contribution in [1.82, 2.24) is 9.88 Å². The first-order valence-corrected chi connectivity index (χ1v) is 6.26. The lowest BCUT2D eigenvalue weighted by Gasteiger charge is -2.26. The minimum atomic E-state index is -4.42. The van der Waals surface area contributed by atoms with Crippen molar-refractivity contribution in [2.75, 3.05) is 0 Å². The molecule has 0 aromatic carbocycles. The van der Waals surface area contributed by atoms with Crippen LogP contribution in [0.1, 0.15) is 37.2 Å². The highest BCUT2D eigenvalue weighted by atomic mass is 19.4. The highest BCUT2D eigenvalue weighted by molar-refractivity contribution is 5.93. The molecule has 0 bridgehead atoms. The van der Waals surface area contributed by atoms with E-state index in [0.29, 0.717) is 0 Å². The van der Waals surface area contributed by atoms with Crippen LogP contribution in [0.4, 0.5) is 13.2 Å². The molecule has 0 aliphatic carbocycles. The maximum atomic E-state index is 12.4. The minimum absolute atomic E-state index is 0.115. The third kappa shape index (κ3) is 5.88. The van der Waals surface area contributed by atoms with Crippen molar-refractivity contribution in [3.63, 3.8) is 0 Å². The number of aromatic nitrogens is 1. The van der Waals surface area contributed by atoms with Gasteiger partial charge in [0.1, 0.15) is 12.2 Å². The number of hydrogen-bond donors (Lipinski definition) is 2. The van der Waals surface area contributed by atoms with E-state index in [1.165, 1.54) is 18.3 Å².